The van der Waals surface area contributed by atoms with Crippen molar-refractivity contribution in [3.63, 3.8) is 0 Å². The van der Waals surface area contributed by atoms with Gasteiger partial charge in [0, 0.05) is 37.8 Å². The first kappa shape index (κ1) is 18.9. The molecule has 1 aliphatic rings. The molecule has 0 bridgehead atoms. The zero-order valence-electron chi connectivity index (χ0n) is 14.6. The summed E-state index contributed by atoms with van der Waals surface area (Å²) in [7, 11) is -1.98. The minimum atomic E-state index is -3.53. The van der Waals surface area contributed by atoms with Crippen molar-refractivity contribution in [3.05, 3.63) is 29.8 Å². The first-order valence-electron chi connectivity index (χ1n) is 8.38. The lowest BCUT2D eigenvalue weighted by atomic mass is 10.0. The van der Waals surface area contributed by atoms with Crippen molar-refractivity contribution in [1.82, 2.24) is 9.21 Å². The fourth-order valence-electron chi connectivity index (χ4n) is 2.89. The molecule has 7 heteroatoms. The van der Waals surface area contributed by atoms with Gasteiger partial charge in [0.15, 0.2) is 0 Å². The van der Waals surface area contributed by atoms with Crippen LogP contribution in [-0.4, -0.2) is 55.8 Å². The minimum absolute atomic E-state index is 0.0710. The average Bonchev–Trinajstić information content (AvgIpc) is 2.60. The Balaban J connectivity index is 2.21. The molecule has 1 amide bonds. The Bertz CT molecular complexity index is 671. The molecule has 2 rings (SSSR count). The number of sulfonamides is 1. The van der Waals surface area contributed by atoms with Gasteiger partial charge >= 0.3 is 0 Å². The van der Waals surface area contributed by atoms with E-state index in [1.807, 2.05) is 18.7 Å². The third-order valence-electron chi connectivity index (χ3n) is 4.67. The van der Waals surface area contributed by atoms with E-state index in [4.69, 9.17) is 5.73 Å². The quantitative estimate of drug-likeness (QED) is 0.873. The second kappa shape index (κ2) is 7.63. The van der Waals surface area contributed by atoms with Crippen LogP contribution in [0.1, 0.15) is 43.5 Å². The van der Waals surface area contributed by atoms with E-state index >= 15 is 0 Å². The maximum absolute atomic E-state index is 12.7. The number of hydrogen-bond acceptors (Lipinski definition) is 4. The topological polar surface area (TPSA) is 83.7 Å². The fourth-order valence-corrected chi connectivity index (χ4v) is 4.26. The van der Waals surface area contributed by atoms with Gasteiger partial charge in [0.1, 0.15) is 0 Å². The Kier molecular flexibility index (Phi) is 6.01. The van der Waals surface area contributed by atoms with Gasteiger partial charge < -0.3 is 10.6 Å². The second-order valence-electron chi connectivity index (χ2n) is 6.52. The second-order valence-corrected chi connectivity index (χ2v) is 8.52. The minimum Gasteiger partial charge on any atom is -0.334 e. The molecule has 1 saturated heterocycles. The molecule has 0 saturated carbocycles. The Labute approximate surface area is 144 Å². The highest BCUT2D eigenvalue weighted by atomic mass is 32.2. The molecule has 1 aliphatic heterocycles. The van der Waals surface area contributed by atoms with E-state index in [-0.39, 0.29) is 22.9 Å². The van der Waals surface area contributed by atoms with Gasteiger partial charge in [-0.2, -0.15) is 4.31 Å². The Morgan fingerprint density at radius 2 is 1.92 bits per heavy atom. The van der Waals surface area contributed by atoms with Gasteiger partial charge in [-0.15, -0.1) is 0 Å². The lowest BCUT2D eigenvalue weighted by Gasteiger charge is -2.35. The van der Waals surface area contributed by atoms with E-state index in [1.165, 1.54) is 16.4 Å². The molecular formula is C17H27N3O3S. The largest absolute Gasteiger partial charge is 0.334 e. The molecule has 1 fully saturated rings. The molecule has 24 heavy (non-hydrogen) atoms. The molecule has 0 aromatic heterocycles. The van der Waals surface area contributed by atoms with Gasteiger partial charge in [-0.3, -0.25) is 4.79 Å². The lowest BCUT2D eigenvalue weighted by Crippen LogP contribution is -2.47. The van der Waals surface area contributed by atoms with Gasteiger partial charge in [-0.05, 0) is 57.4 Å². The van der Waals surface area contributed by atoms with Crippen LogP contribution in [0.3, 0.4) is 0 Å². The molecule has 1 aromatic carbocycles. The van der Waals surface area contributed by atoms with Crippen molar-refractivity contribution < 1.29 is 13.2 Å². The standard InChI is InChI=1S/C17H27N3O3S/c1-13(2)19(3)24(22,23)16-9-7-14(8-10-16)17(21)20-11-5-4-6-15(20)12-18/h7-10,13,15H,4-6,11-12,18H2,1-3H3. The summed E-state index contributed by atoms with van der Waals surface area (Å²) in [6, 6.07) is 6.12. The van der Waals surface area contributed by atoms with Crippen molar-refractivity contribution in [1.29, 1.82) is 0 Å². The van der Waals surface area contributed by atoms with Crippen LogP contribution in [0.25, 0.3) is 0 Å². The van der Waals surface area contributed by atoms with Gasteiger partial charge in [-0.25, -0.2) is 8.42 Å². The molecular weight excluding hydrogens is 326 g/mol. The van der Waals surface area contributed by atoms with Crippen LogP contribution in [0.15, 0.2) is 29.2 Å². The Morgan fingerprint density at radius 3 is 2.46 bits per heavy atom. The molecule has 2 N–H and O–H groups in total. The summed E-state index contributed by atoms with van der Waals surface area (Å²) in [4.78, 5) is 14.7. The van der Waals surface area contributed by atoms with Gasteiger partial charge in [0.25, 0.3) is 5.91 Å². The molecule has 0 spiro atoms. The van der Waals surface area contributed by atoms with Crippen molar-refractivity contribution in [2.24, 2.45) is 5.73 Å². The number of hydrogen-bond donors (Lipinski definition) is 1. The van der Waals surface area contributed by atoms with Crippen LogP contribution in [-0.2, 0) is 10.0 Å². The van der Waals surface area contributed by atoms with Crippen LogP contribution in [0, 0.1) is 0 Å². The summed E-state index contributed by atoms with van der Waals surface area (Å²) in [5, 5.41) is 0. The van der Waals surface area contributed by atoms with E-state index in [0.29, 0.717) is 18.7 Å². The number of nitrogens with zero attached hydrogens (tertiary/aromatic N) is 2. The van der Waals surface area contributed by atoms with E-state index in [2.05, 4.69) is 0 Å². The Hall–Kier alpha value is -1.44. The summed E-state index contributed by atoms with van der Waals surface area (Å²) < 4.78 is 26.3. The number of benzene rings is 1. The van der Waals surface area contributed by atoms with Gasteiger partial charge in [0.05, 0.1) is 4.90 Å². The van der Waals surface area contributed by atoms with E-state index in [0.717, 1.165) is 19.3 Å². The van der Waals surface area contributed by atoms with Crippen LogP contribution >= 0.6 is 0 Å². The monoisotopic (exact) mass is 353 g/mol. The van der Waals surface area contributed by atoms with E-state index in [1.54, 1.807) is 19.2 Å². The highest BCUT2D eigenvalue weighted by molar-refractivity contribution is 7.89. The van der Waals surface area contributed by atoms with Gasteiger partial charge in [-0.1, -0.05) is 0 Å². The van der Waals surface area contributed by atoms with Gasteiger partial charge in [0.2, 0.25) is 10.0 Å². The number of likely N-dealkylation sites (tertiary alicyclic amines) is 1. The normalized spacial score (nSPS) is 19.1. The zero-order valence-corrected chi connectivity index (χ0v) is 15.4. The summed E-state index contributed by atoms with van der Waals surface area (Å²) in [6.07, 6.45) is 2.99. The highest BCUT2D eigenvalue weighted by Gasteiger charge is 2.27. The summed E-state index contributed by atoms with van der Waals surface area (Å²) in [6.45, 7) is 4.80. The van der Waals surface area contributed by atoms with Crippen LogP contribution in [0.2, 0.25) is 0 Å². The van der Waals surface area contributed by atoms with Crippen molar-refractivity contribution in [2.45, 2.75) is 50.1 Å². The molecule has 0 aliphatic carbocycles. The molecule has 134 valence electrons. The third kappa shape index (κ3) is 3.79. The molecule has 1 atom stereocenters. The summed E-state index contributed by atoms with van der Waals surface area (Å²) in [5.41, 5.74) is 6.27. The fraction of sp³-hybridized carbons (Fsp3) is 0.588. The van der Waals surface area contributed by atoms with Crippen molar-refractivity contribution in [2.75, 3.05) is 20.1 Å². The summed E-state index contributed by atoms with van der Waals surface area (Å²) >= 11 is 0. The maximum Gasteiger partial charge on any atom is 0.254 e. The highest BCUT2D eigenvalue weighted by Crippen LogP contribution is 2.21. The SMILES string of the molecule is CC(C)N(C)S(=O)(=O)c1ccc(C(=O)N2CCCCC2CN)cc1. The number of amides is 1. The molecule has 0 radical (unpaired) electrons. The molecule has 6 nitrogen and oxygen atoms in total. The maximum atomic E-state index is 12.7. The average molecular weight is 353 g/mol. The number of carbonyl (C=O) groups is 1. The van der Waals surface area contributed by atoms with Crippen LogP contribution in [0.4, 0.5) is 0 Å². The van der Waals surface area contributed by atoms with E-state index < -0.39 is 10.0 Å². The van der Waals surface area contributed by atoms with Crippen LogP contribution < -0.4 is 5.73 Å². The lowest BCUT2D eigenvalue weighted by molar-refractivity contribution is 0.0623. The number of piperidine rings is 1. The van der Waals surface area contributed by atoms with E-state index in [9.17, 15) is 13.2 Å². The number of rotatable bonds is 5. The van der Waals surface area contributed by atoms with Crippen LogP contribution in [0.5, 0.6) is 0 Å². The zero-order chi connectivity index (χ0) is 17.9. The predicted octanol–water partition coefficient (Wildman–Crippen LogP) is 1.67. The molecule has 1 aromatic rings. The summed E-state index contributed by atoms with van der Waals surface area (Å²) in [5.74, 6) is -0.0775. The smallest absolute Gasteiger partial charge is 0.254 e. The first-order valence-corrected chi connectivity index (χ1v) is 9.82. The first-order chi connectivity index (χ1) is 11.3. The van der Waals surface area contributed by atoms with Crippen molar-refractivity contribution in [3.8, 4) is 0 Å². The number of nitrogens with two attached hydrogens (primary N) is 1. The molecule has 1 heterocycles. The Morgan fingerprint density at radius 1 is 1.29 bits per heavy atom. The predicted molar refractivity (Wildman–Crippen MR) is 94.3 cm³/mol. The third-order valence-corrected chi connectivity index (χ3v) is 6.71. The van der Waals surface area contributed by atoms with Crippen molar-refractivity contribution >= 4 is 15.9 Å². The number of carbonyl (C=O) groups excluding carboxylic acids is 1. The molecule has 1 unspecified atom stereocenters.